The summed E-state index contributed by atoms with van der Waals surface area (Å²) in [6.45, 7) is 7.63. The highest BCUT2D eigenvalue weighted by molar-refractivity contribution is 5.25. The van der Waals surface area contributed by atoms with Crippen molar-refractivity contribution in [3.05, 3.63) is 69.6 Å². The number of nitrogens with one attached hydrogen (secondary N) is 1. The van der Waals surface area contributed by atoms with Gasteiger partial charge in [0.2, 0.25) is 0 Å². The molecule has 3 nitrogen and oxygen atoms in total. The number of aryl methyl sites for hydroxylation is 2. The van der Waals surface area contributed by atoms with Crippen LogP contribution in [0.4, 0.5) is 0 Å². The van der Waals surface area contributed by atoms with E-state index in [0.717, 1.165) is 18.5 Å². The molecule has 0 saturated carbocycles. The number of aromatic nitrogens is 1. The molecule has 3 heteroatoms. The van der Waals surface area contributed by atoms with Crippen molar-refractivity contribution in [2.75, 3.05) is 6.54 Å². The molecule has 1 aromatic carbocycles. The fraction of sp³-hybridized carbons (Fsp3) is 0.389. The lowest BCUT2D eigenvalue weighted by molar-refractivity contribution is 0.466. The summed E-state index contributed by atoms with van der Waals surface area (Å²) in [5.74, 6) is 0. The van der Waals surface area contributed by atoms with Gasteiger partial charge in [0.1, 0.15) is 0 Å². The zero-order valence-electron chi connectivity index (χ0n) is 13.1. The molecule has 112 valence electrons. The van der Waals surface area contributed by atoms with Crippen molar-refractivity contribution in [1.29, 1.82) is 0 Å². The standard InChI is InChI=1S/C18H24N2O/c1-4-15-8-10-16(11-9-15)17(19-5-2)13-20-12-6-7-14(3)18(20)21/h6-12,17,19H,4-5,13H2,1-3H3. The highest BCUT2D eigenvalue weighted by Crippen LogP contribution is 2.16. The third-order valence-corrected chi connectivity index (χ3v) is 3.83. The van der Waals surface area contributed by atoms with E-state index in [9.17, 15) is 4.79 Å². The molecule has 21 heavy (non-hydrogen) atoms. The van der Waals surface area contributed by atoms with Crippen LogP contribution in [0.3, 0.4) is 0 Å². The molecule has 0 aliphatic carbocycles. The zero-order valence-corrected chi connectivity index (χ0v) is 13.1. The van der Waals surface area contributed by atoms with Crippen LogP contribution in [0.25, 0.3) is 0 Å². The fourth-order valence-electron chi connectivity index (χ4n) is 2.52. The SMILES string of the molecule is CCNC(Cn1cccc(C)c1=O)c1ccc(CC)cc1. The van der Waals surface area contributed by atoms with Crippen molar-refractivity contribution in [2.24, 2.45) is 0 Å². The minimum absolute atomic E-state index is 0.0885. The summed E-state index contributed by atoms with van der Waals surface area (Å²) in [7, 11) is 0. The van der Waals surface area contributed by atoms with E-state index in [1.165, 1.54) is 11.1 Å². The quantitative estimate of drug-likeness (QED) is 0.884. The molecule has 0 amide bonds. The van der Waals surface area contributed by atoms with Crippen molar-refractivity contribution in [3.8, 4) is 0 Å². The van der Waals surface area contributed by atoms with Gasteiger partial charge in [0, 0.05) is 18.3 Å². The fourth-order valence-corrected chi connectivity index (χ4v) is 2.52. The number of pyridine rings is 1. The van der Waals surface area contributed by atoms with Crippen LogP contribution in [-0.4, -0.2) is 11.1 Å². The second kappa shape index (κ2) is 7.23. The first kappa shape index (κ1) is 15.5. The molecule has 1 N–H and O–H groups in total. The Morgan fingerprint density at radius 1 is 1.14 bits per heavy atom. The van der Waals surface area contributed by atoms with Gasteiger partial charge in [-0.3, -0.25) is 4.79 Å². The Labute approximate surface area is 126 Å². The lowest BCUT2D eigenvalue weighted by Gasteiger charge is -2.20. The normalized spacial score (nSPS) is 12.3. The van der Waals surface area contributed by atoms with Crippen LogP contribution in [0, 0.1) is 6.92 Å². The smallest absolute Gasteiger partial charge is 0.253 e. The molecule has 0 radical (unpaired) electrons. The topological polar surface area (TPSA) is 34.0 Å². The van der Waals surface area contributed by atoms with Gasteiger partial charge in [-0.05, 0) is 37.1 Å². The molecule has 1 atom stereocenters. The molecule has 1 aromatic heterocycles. The van der Waals surface area contributed by atoms with Crippen LogP contribution < -0.4 is 10.9 Å². The molecule has 1 heterocycles. The molecular weight excluding hydrogens is 260 g/mol. The Bertz CT molecular complexity index is 628. The van der Waals surface area contributed by atoms with E-state index >= 15 is 0 Å². The van der Waals surface area contributed by atoms with Crippen molar-refractivity contribution in [3.63, 3.8) is 0 Å². The van der Waals surface area contributed by atoms with Gasteiger partial charge in [0.05, 0.1) is 6.04 Å². The molecule has 2 aromatic rings. The molecular formula is C18H24N2O. The molecule has 0 spiro atoms. The van der Waals surface area contributed by atoms with Gasteiger partial charge in [-0.2, -0.15) is 0 Å². The first-order valence-corrected chi connectivity index (χ1v) is 7.64. The third kappa shape index (κ3) is 3.82. The maximum Gasteiger partial charge on any atom is 0.253 e. The zero-order chi connectivity index (χ0) is 15.2. The lowest BCUT2D eigenvalue weighted by atomic mass is 10.0. The summed E-state index contributed by atoms with van der Waals surface area (Å²) in [5, 5.41) is 3.47. The largest absolute Gasteiger partial charge is 0.313 e. The first-order valence-electron chi connectivity index (χ1n) is 7.64. The molecule has 0 aliphatic heterocycles. The Morgan fingerprint density at radius 2 is 1.86 bits per heavy atom. The van der Waals surface area contributed by atoms with Crippen LogP contribution in [-0.2, 0) is 13.0 Å². The molecule has 0 saturated heterocycles. The first-order chi connectivity index (χ1) is 10.2. The second-order valence-corrected chi connectivity index (χ2v) is 5.35. The highest BCUT2D eigenvalue weighted by Gasteiger charge is 2.12. The van der Waals surface area contributed by atoms with Crippen LogP contribution in [0.15, 0.2) is 47.4 Å². The Morgan fingerprint density at radius 3 is 2.48 bits per heavy atom. The Balaban J connectivity index is 2.26. The van der Waals surface area contributed by atoms with Gasteiger partial charge in [-0.1, -0.05) is 44.2 Å². The minimum atomic E-state index is 0.0885. The predicted octanol–water partition coefficient (Wildman–Crippen LogP) is 3.07. The van der Waals surface area contributed by atoms with Gasteiger partial charge in [0.25, 0.3) is 5.56 Å². The maximum atomic E-state index is 12.2. The summed E-state index contributed by atoms with van der Waals surface area (Å²) in [6, 6.07) is 12.6. The van der Waals surface area contributed by atoms with Gasteiger partial charge in [-0.25, -0.2) is 0 Å². The molecule has 0 fully saturated rings. The monoisotopic (exact) mass is 284 g/mol. The summed E-state index contributed by atoms with van der Waals surface area (Å²) < 4.78 is 1.79. The summed E-state index contributed by atoms with van der Waals surface area (Å²) in [5.41, 5.74) is 3.43. The van der Waals surface area contributed by atoms with Crippen molar-refractivity contribution >= 4 is 0 Å². The van der Waals surface area contributed by atoms with Gasteiger partial charge in [-0.15, -0.1) is 0 Å². The lowest BCUT2D eigenvalue weighted by Crippen LogP contribution is -2.30. The summed E-state index contributed by atoms with van der Waals surface area (Å²) in [6.07, 6.45) is 2.91. The summed E-state index contributed by atoms with van der Waals surface area (Å²) in [4.78, 5) is 12.2. The van der Waals surface area contributed by atoms with E-state index in [0.29, 0.717) is 6.54 Å². The number of likely N-dealkylation sites (N-methyl/N-ethyl adjacent to an activating group) is 1. The van der Waals surface area contributed by atoms with Crippen LogP contribution in [0.1, 0.15) is 36.6 Å². The van der Waals surface area contributed by atoms with E-state index < -0.39 is 0 Å². The Kier molecular flexibility index (Phi) is 5.34. The highest BCUT2D eigenvalue weighted by atomic mass is 16.1. The van der Waals surface area contributed by atoms with Gasteiger partial charge < -0.3 is 9.88 Å². The number of hydrogen-bond acceptors (Lipinski definition) is 2. The molecule has 1 unspecified atom stereocenters. The van der Waals surface area contributed by atoms with Crippen molar-refractivity contribution in [2.45, 2.75) is 39.8 Å². The van der Waals surface area contributed by atoms with Crippen molar-refractivity contribution < 1.29 is 0 Å². The van der Waals surface area contributed by atoms with Crippen LogP contribution in [0.5, 0.6) is 0 Å². The van der Waals surface area contributed by atoms with E-state index in [1.54, 1.807) is 4.57 Å². The maximum absolute atomic E-state index is 12.2. The molecule has 2 rings (SSSR count). The number of nitrogens with zero attached hydrogens (tertiary/aromatic N) is 1. The second-order valence-electron chi connectivity index (χ2n) is 5.35. The van der Waals surface area contributed by atoms with E-state index in [-0.39, 0.29) is 11.6 Å². The third-order valence-electron chi connectivity index (χ3n) is 3.83. The Hall–Kier alpha value is -1.87. The van der Waals surface area contributed by atoms with Crippen molar-refractivity contribution in [1.82, 2.24) is 9.88 Å². The molecule has 0 aliphatic rings. The van der Waals surface area contributed by atoms with Crippen LogP contribution >= 0.6 is 0 Å². The predicted molar refractivity (Wildman–Crippen MR) is 87.7 cm³/mol. The van der Waals surface area contributed by atoms with Crippen LogP contribution in [0.2, 0.25) is 0 Å². The van der Waals surface area contributed by atoms with Gasteiger partial charge in [0.15, 0.2) is 0 Å². The number of hydrogen-bond donors (Lipinski definition) is 1. The van der Waals surface area contributed by atoms with E-state index in [1.807, 2.05) is 25.3 Å². The molecule has 0 bridgehead atoms. The number of rotatable bonds is 6. The summed E-state index contributed by atoms with van der Waals surface area (Å²) >= 11 is 0. The van der Waals surface area contributed by atoms with E-state index in [4.69, 9.17) is 0 Å². The minimum Gasteiger partial charge on any atom is -0.313 e. The van der Waals surface area contributed by atoms with E-state index in [2.05, 4.69) is 43.4 Å². The average Bonchev–Trinajstić information content (AvgIpc) is 2.51. The van der Waals surface area contributed by atoms with Gasteiger partial charge >= 0.3 is 0 Å². The average molecular weight is 284 g/mol. The number of benzene rings is 1.